The first kappa shape index (κ1) is 22.1. The van der Waals surface area contributed by atoms with Crippen molar-refractivity contribution < 1.29 is 15.0 Å². The number of thiol groups is 1. The van der Waals surface area contributed by atoms with E-state index in [0.717, 1.165) is 15.0 Å². The van der Waals surface area contributed by atoms with E-state index < -0.39 is 0 Å². The van der Waals surface area contributed by atoms with Crippen LogP contribution in [0.15, 0.2) is 46.4 Å². The van der Waals surface area contributed by atoms with Crippen LogP contribution in [0.5, 0.6) is 0 Å². The SMILES string of the molecule is C/C(=C(CCO)/[SH]=C(\O)c1ccc2sccc2c1)N(C=O)Cc1cnc(C)nc1N. The van der Waals surface area contributed by atoms with Gasteiger partial charge in [0.2, 0.25) is 6.41 Å². The van der Waals surface area contributed by atoms with Gasteiger partial charge in [-0.1, -0.05) is 6.07 Å². The average molecular weight is 445 g/mol. The van der Waals surface area contributed by atoms with Gasteiger partial charge in [0, 0.05) is 45.7 Å². The fraction of sp³-hybridized carbons (Fsp3) is 0.238. The average Bonchev–Trinajstić information content (AvgIpc) is 3.20. The summed E-state index contributed by atoms with van der Waals surface area (Å²) < 4.78 is 1.15. The van der Waals surface area contributed by atoms with Gasteiger partial charge in [-0.3, -0.25) is 4.79 Å². The molecule has 2 heterocycles. The smallest absolute Gasteiger partial charge is 0.214 e. The summed E-state index contributed by atoms with van der Waals surface area (Å²) in [5.41, 5.74) is 7.94. The summed E-state index contributed by atoms with van der Waals surface area (Å²) in [7, 11) is 0. The second-order valence-electron chi connectivity index (χ2n) is 6.68. The fourth-order valence-electron chi connectivity index (χ4n) is 2.94. The number of aliphatic hydroxyl groups excluding tert-OH is 2. The van der Waals surface area contributed by atoms with Crippen LogP contribution < -0.4 is 5.73 Å². The molecule has 158 valence electrons. The number of anilines is 1. The Hall–Kier alpha value is -2.59. The molecule has 0 aliphatic carbocycles. The molecule has 0 atom stereocenters. The number of carbonyl (C=O) groups excluding carboxylic acids is 1. The van der Waals surface area contributed by atoms with E-state index in [0.29, 0.717) is 52.6 Å². The van der Waals surface area contributed by atoms with Gasteiger partial charge in [-0.2, -0.15) is 0 Å². The van der Waals surface area contributed by atoms with Gasteiger partial charge >= 0.3 is 0 Å². The third-order valence-electron chi connectivity index (χ3n) is 4.63. The number of aromatic nitrogens is 2. The third-order valence-corrected chi connectivity index (χ3v) is 6.82. The van der Waals surface area contributed by atoms with Crippen molar-refractivity contribution in [1.82, 2.24) is 14.9 Å². The summed E-state index contributed by atoms with van der Waals surface area (Å²) in [5.74, 6) is 0.879. The molecule has 4 N–H and O–H groups in total. The number of fused-ring (bicyclic) bond motifs is 1. The van der Waals surface area contributed by atoms with E-state index in [4.69, 9.17) is 5.73 Å². The van der Waals surface area contributed by atoms with Gasteiger partial charge in [-0.05, 0) is 42.8 Å². The van der Waals surface area contributed by atoms with E-state index in [1.165, 1.54) is 4.90 Å². The minimum Gasteiger partial charge on any atom is -0.396 e. The molecule has 1 amide bonds. The number of amides is 1. The lowest BCUT2D eigenvalue weighted by molar-refractivity contribution is -0.116. The third kappa shape index (κ3) is 5.11. The molecule has 0 aliphatic heterocycles. The number of benzene rings is 1. The predicted molar refractivity (Wildman–Crippen MR) is 125 cm³/mol. The molecule has 0 fully saturated rings. The van der Waals surface area contributed by atoms with E-state index in [1.54, 1.807) is 31.4 Å². The van der Waals surface area contributed by atoms with Gasteiger partial charge in [-0.15, -0.1) is 22.7 Å². The van der Waals surface area contributed by atoms with E-state index in [1.807, 2.05) is 29.6 Å². The van der Waals surface area contributed by atoms with Crippen LogP contribution in [-0.4, -0.2) is 43.1 Å². The highest BCUT2D eigenvalue weighted by Crippen LogP contribution is 2.26. The Morgan fingerprint density at radius 1 is 1.37 bits per heavy atom. The van der Waals surface area contributed by atoms with Crippen molar-refractivity contribution in [3.8, 4) is 0 Å². The summed E-state index contributed by atoms with van der Waals surface area (Å²) in [4.78, 5) is 22.3. The van der Waals surface area contributed by atoms with Crippen molar-refractivity contribution in [3.63, 3.8) is 0 Å². The summed E-state index contributed by atoms with van der Waals surface area (Å²) in [6.07, 6.45) is 2.63. The van der Waals surface area contributed by atoms with Crippen molar-refractivity contribution in [3.05, 3.63) is 63.4 Å². The van der Waals surface area contributed by atoms with Crippen LogP contribution in [0.1, 0.15) is 30.3 Å². The number of nitrogen functional groups attached to an aromatic ring is 1. The number of thiophene rings is 1. The highest BCUT2D eigenvalue weighted by atomic mass is 32.1. The first-order valence-electron chi connectivity index (χ1n) is 9.28. The second kappa shape index (κ2) is 9.94. The summed E-state index contributed by atoms with van der Waals surface area (Å²) in [5, 5.41) is 23.5. The molecule has 0 aliphatic rings. The maximum Gasteiger partial charge on any atom is 0.214 e. The van der Waals surface area contributed by atoms with Crippen LogP contribution in [0, 0.1) is 6.92 Å². The first-order chi connectivity index (χ1) is 14.4. The van der Waals surface area contributed by atoms with Crippen molar-refractivity contribution in [2.24, 2.45) is 0 Å². The molecule has 0 unspecified atom stereocenters. The molecule has 0 bridgehead atoms. The lowest BCUT2D eigenvalue weighted by atomic mass is 10.2. The Morgan fingerprint density at radius 2 is 2.17 bits per heavy atom. The first-order valence-corrected chi connectivity index (χ1v) is 11.1. The number of rotatable bonds is 8. The molecule has 30 heavy (non-hydrogen) atoms. The molecule has 1 aromatic carbocycles. The van der Waals surface area contributed by atoms with E-state index in [9.17, 15) is 15.0 Å². The molecule has 3 aromatic rings. The van der Waals surface area contributed by atoms with E-state index in [-0.39, 0.29) is 18.2 Å². The quantitative estimate of drug-likeness (QED) is 0.241. The zero-order valence-corrected chi connectivity index (χ0v) is 18.5. The van der Waals surface area contributed by atoms with Crippen LogP contribution >= 0.6 is 22.7 Å². The van der Waals surface area contributed by atoms with Crippen LogP contribution in [0.2, 0.25) is 0 Å². The lowest BCUT2D eigenvalue weighted by Crippen LogP contribution is -2.22. The number of aryl methyl sites for hydroxylation is 1. The number of nitrogens with two attached hydrogens (primary N) is 1. The van der Waals surface area contributed by atoms with Crippen LogP contribution in [0.25, 0.3) is 10.1 Å². The number of aliphatic hydroxyl groups is 2. The number of carbonyl (C=O) groups is 1. The normalized spacial score (nSPS) is 13.0. The highest BCUT2D eigenvalue weighted by Gasteiger charge is 2.13. The minimum atomic E-state index is -0.0982. The van der Waals surface area contributed by atoms with E-state index in [2.05, 4.69) is 9.97 Å². The molecule has 0 spiro atoms. The predicted octanol–water partition coefficient (Wildman–Crippen LogP) is 3.36. The largest absolute Gasteiger partial charge is 0.396 e. The zero-order chi connectivity index (χ0) is 21.7. The van der Waals surface area contributed by atoms with Crippen LogP contribution in [0.3, 0.4) is 0 Å². The zero-order valence-electron chi connectivity index (χ0n) is 16.7. The summed E-state index contributed by atoms with van der Waals surface area (Å²) in [6, 6.07) is 7.78. The Balaban J connectivity index is 1.93. The Morgan fingerprint density at radius 3 is 2.87 bits per heavy atom. The number of allylic oxidation sites excluding steroid dienone is 1. The number of hydrogen-bond acceptors (Lipinski definition) is 6. The minimum absolute atomic E-state index is 0.0982. The molecule has 7 nitrogen and oxygen atoms in total. The van der Waals surface area contributed by atoms with Gasteiger partial charge in [0.05, 0.1) is 6.54 Å². The van der Waals surface area contributed by atoms with Gasteiger partial charge in [-0.25, -0.2) is 9.97 Å². The van der Waals surface area contributed by atoms with Crippen LogP contribution in [-0.2, 0) is 11.3 Å². The molecule has 2 aromatic heterocycles. The molecular weight excluding hydrogens is 420 g/mol. The second-order valence-corrected chi connectivity index (χ2v) is 8.81. The Labute approximate surface area is 182 Å². The van der Waals surface area contributed by atoms with Gasteiger partial charge in [0.1, 0.15) is 16.7 Å². The van der Waals surface area contributed by atoms with Gasteiger partial charge in [0.15, 0.2) is 0 Å². The Bertz CT molecular complexity index is 1120. The summed E-state index contributed by atoms with van der Waals surface area (Å²) >= 11 is 2.17. The monoisotopic (exact) mass is 444 g/mol. The molecule has 0 radical (unpaired) electrons. The highest BCUT2D eigenvalue weighted by molar-refractivity contribution is 8.02. The topological polar surface area (TPSA) is 113 Å². The molecular formula is C21H24N4O3S2. The van der Waals surface area contributed by atoms with E-state index >= 15 is 0 Å². The number of hydrogen-bond donors (Lipinski definition) is 4. The van der Waals surface area contributed by atoms with Crippen molar-refractivity contribution in [2.45, 2.75) is 26.8 Å². The molecule has 0 saturated heterocycles. The Kier molecular flexibility index (Phi) is 7.33. The van der Waals surface area contributed by atoms with Crippen molar-refractivity contribution in [2.75, 3.05) is 12.3 Å². The maximum atomic E-state index is 11.8. The van der Waals surface area contributed by atoms with Crippen molar-refractivity contribution in [1.29, 1.82) is 0 Å². The molecule has 0 saturated carbocycles. The number of nitrogens with zero attached hydrogens (tertiary/aromatic N) is 3. The lowest BCUT2D eigenvalue weighted by Gasteiger charge is -2.21. The summed E-state index contributed by atoms with van der Waals surface area (Å²) in [6.45, 7) is 3.63. The van der Waals surface area contributed by atoms with Crippen LogP contribution in [0.4, 0.5) is 5.82 Å². The van der Waals surface area contributed by atoms with Gasteiger partial charge < -0.3 is 20.8 Å². The van der Waals surface area contributed by atoms with Crippen molar-refractivity contribution >= 4 is 50.1 Å². The fourth-order valence-corrected chi connectivity index (χ4v) is 4.74. The maximum absolute atomic E-state index is 11.8. The molecule has 9 heteroatoms. The standard InChI is InChI=1S/C21H24N4O3S2/c1-13(25(12-27)11-17-10-23-14(2)24-20(17)22)18(5-7-26)30-21(28)16-3-4-19-15(9-16)6-8-29-19/h3-4,6,8-10,12,26,28,30H,5,7,11H2,1-2H3,(H2,22,23,24)/b18-13-. The van der Waals surface area contributed by atoms with Gasteiger partial charge in [0.25, 0.3) is 0 Å². The molecule has 3 rings (SSSR count).